The summed E-state index contributed by atoms with van der Waals surface area (Å²) in [5.41, 5.74) is 4.43. The van der Waals surface area contributed by atoms with Gasteiger partial charge in [-0.3, -0.25) is 14.5 Å². The van der Waals surface area contributed by atoms with Crippen molar-refractivity contribution in [1.29, 1.82) is 0 Å². The number of furan rings is 1. The highest BCUT2D eigenvalue weighted by atomic mass is 35.5. The Morgan fingerprint density at radius 3 is 2.72 bits per heavy atom. The molecule has 0 aliphatic heterocycles. The van der Waals surface area contributed by atoms with E-state index in [9.17, 15) is 4.79 Å². The Kier molecular flexibility index (Phi) is 5.21. The lowest BCUT2D eigenvalue weighted by molar-refractivity contribution is 0.102. The number of fused-ring (bicyclic) bond motifs is 1. The molecule has 0 spiro atoms. The molecule has 5 aromatic rings. The van der Waals surface area contributed by atoms with E-state index in [1.165, 1.54) is 0 Å². The molecule has 0 radical (unpaired) electrons. The van der Waals surface area contributed by atoms with Gasteiger partial charge in [0.25, 0.3) is 5.91 Å². The quantitative estimate of drug-likeness (QED) is 0.365. The van der Waals surface area contributed by atoms with E-state index in [0.717, 1.165) is 33.6 Å². The van der Waals surface area contributed by atoms with Crippen LogP contribution in [0.1, 0.15) is 21.7 Å². The molecule has 0 aliphatic carbocycles. The third-order valence-electron chi connectivity index (χ3n) is 5.17. The van der Waals surface area contributed by atoms with Crippen LogP contribution in [0.5, 0.6) is 0 Å². The van der Waals surface area contributed by atoms with Gasteiger partial charge in [-0.25, -0.2) is 0 Å². The Morgan fingerprint density at radius 2 is 1.94 bits per heavy atom. The summed E-state index contributed by atoms with van der Waals surface area (Å²) in [5, 5.41) is 8.85. The van der Waals surface area contributed by atoms with Gasteiger partial charge in [-0.15, -0.1) is 0 Å². The molecule has 0 atom stereocenters. The molecule has 0 unspecified atom stereocenters. The molecule has 2 aromatic carbocycles. The zero-order valence-electron chi connectivity index (χ0n) is 17.2. The van der Waals surface area contributed by atoms with Crippen LogP contribution >= 0.6 is 11.6 Å². The Bertz CT molecular complexity index is 1410. The first-order valence-electron chi connectivity index (χ1n) is 10.1. The largest absolute Gasteiger partial charge is 0.456 e. The zero-order valence-corrected chi connectivity index (χ0v) is 18.0. The molecule has 0 aliphatic rings. The summed E-state index contributed by atoms with van der Waals surface area (Å²) >= 11 is 6.39. The van der Waals surface area contributed by atoms with Gasteiger partial charge in [0, 0.05) is 33.4 Å². The second-order valence-corrected chi connectivity index (χ2v) is 7.92. The number of anilines is 1. The molecule has 3 heterocycles. The van der Waals surface area contributed by atoms with Crippen LogP contribution in [-0.2, 0) is 6.54 Å². The fourth-order valence-electron chi connectivity index (χ4n) is 3.62. The molecule has 32 heavy (non-hydrogen) atoms. The van der Waals surface area contributed by atoms with E-state index >= 15 is 0 Å². The van der Waals surface area contributed by atoms with E-state index in [-0.39, 0.29) is 5.91 Å². The van der Waals surface area contributed by atoms with Crippen LogP contribution in [0, 0.1) is 6.92 Å². The van der Waals surface area contributed by atoms with Crippen molar-refractivity contribution >= 4 is 34.2 Å². The molecule has 6 nitrogen and oxygen atoms in total. The number of carbonyl (C=O) groups is 1. The minimum atomic E-state index is -0.291. The van der Waals surface area contributed by atoms with Crippen molar-refractivity contribution in [1.82, 2.24) is 14.8 Å². The summed E-state index contributed by atoms with van der Waals surface area (Å²) in [4.78, 5) is 16.6. The topological polar surface area (TPSA) is 73.0 Å². The molecule has 0 saturated heterocycles. The fourth-order valence-corrected chi connectivity index (χ4v) is 3.87. The maximum atomic E-state index is 12.6. The van der Waals surface area contributed by atoms with Gasteiger partial charge in [0.15, 0.2) is 5.69 Å². The van der Waals surface area contributed by atoms with Gasteiger partial charge in [0.1, 0.15) is 11.3 Å². The van der Waals surface area contributed by atoms with E-state index < -0.39 is 0 Å². The van der Waals surface area contributed by atoms with Crippen LogP contribution in [0.25, 0.3) is 22.3 Å². The van der Waals surface area contributed by atoms with E-state index in [2.05, 4.69) is 15.4 Å². The summed E-state index contributed by atoms with van der Waals surface area (Å²) < 4.78 is 7.97. The van der Waals surface area contributed by atoms with Gasteiger partial charge in [0.2, 0.25) is 0 Å². The first kappa shape index (κ1) is 20.0. The first-order valence-corrected chi connectivity index (χ1v) is 10.5. The Morgan fingerprint density at radius 1 is 1.09 bits per heavy atom. The van der Waals surface area contributed by atoms with Gasteiger partial charge < -0.3 is 9.73 Å². The summed E-state index contributed by atoms with van der Waals surface area (Å²) in [6.45, 7) is 2.33. The molecule has 1 N–H and O–H groups in total. The molecule has 5 rings (SSSR count). The number of nitrogens with one attached hydrogen (secondary N) is 1. The minimum absolute atomic E-state index is 0.291. The summed E-state index contributed by atoms with van der Waals surface area (Å²) in [5.74, 6) is 0.485. The lowest BCUT2D eigenvalue weighted by Gasteiger charge is -2.06. The van der Waals surface area contributed by atoms with Crippen molar-refractivity contribution in [3.8, 4) is 11.3 Å². The molecule has 7 heteroatoms. The Hall–Kier alpha value is -3.90. The molecular weight excluding hydrogens is 424 g/mol. The van der Waals surface area contributed by atoms with Crippen LogP contribution in [-0.4, -0.2) is 20.7 Å². The summed E-state index contributed by atoms with van der Waals surface area (Å²) in [6.07, 6.45) is 3.24. The molecule has 0 fully saturated rings. The number of nitrogens with zero attached hydrogens (tertiary/aromatic N) is 3. The van der Waals surface area contributed by atoms with E-state index in [0.29, 0.717) is 22.9 Å². The first-order chi connectivity index (χ1) is 15.6. The van der Waals surface area contributed by atoms with Crippen molar-refractivity contribution in [2.75, 3.05) is 5.32 Å². The van der Waals surface area contributed by atoms with E-state index in [1.54, 1.807) is 35.3 Å². The average Bonchev–Trinajstić information content (AvgIpc) is 3.39. The third-order valence-corrected chi connectivity index (χ3v) is 5.39. The minimum Gasteiger partial charge on any atom is -0.456 e. The molecule has 1 amide bonds. The monoisotopic (exact) mass is 442 g/mol. The van der Waals surface area contributed by atoms with Gasteiger partial charge in [-0.05, 0) is 43.3 Å². The molecule has 3 aromatic heterocycles. The Balaban J connectivity index is 1.45. The number of benzene rings is 2. The van der Waals surface area contributed by atoms with Crippen LogP contribution in [0.15, 0.2) is 83.5 Å². The maximum Gasteiger partial charge on any atom is 0.276 e. The lowest BCUT2D eigenvalue weighted by Crippen LogP contribution is -2.13. The van der Waals surface area contributed by atoms with Gasteiger partial charge in [0.05, 0.1) is 18.4 Å². The SMILES string of the molecule is Cc1cc(C(=O)Nc2cccnc2)nn1Cc1cc(Cl)cc2cc(-c3ccccc3)oc12. The number of amides is 1. The maximum absolute atomic E-state index is 12.6. The van der Waals surface area contributed by atoms with Gasteiger partial charge in [-0.2, -0.15) is 5.10 Å². The molecule has 158 valence electrons. The summed E-state index contributed by atoms with van der Waals surface area (Å²) in [6, 6.07) is 21.0. The number of hydrogen-bond donors (Lipinski definition) is 1. The molecule has 0 bridgehead atoms. The smallest absolute Gasteiger partial charge is 0.276 e. The van der Waals surface area contributed by atoms with E-state index in [1.807, 2.05) is 55.5 Å². The predicted molar refractivity (Wildman–Crippen MR) is 125 cm³/mol. The van der Waals surface area contributed by atoms with E-state index in [4.69, 9.17) is 16.0 Å². The van der Waals surface area contributed by atoms with Crippen molar-refractivity contribution in [2.45, 2.75) is 13.5 Å². The molecular formula is C25H19ClN4O2. The van der Waals surface area contributed by atoms with Crippen LogP contribution in [0.2, 0.25) is 5.02 Å². The lowest BCUT2D eigenvalue weighted by atomic mass is 10.1. The number of pyridine rings is 1. The second-order valence-electron chi connectivity index (χ2n) is 7.48. The highest BCUT2D eigenvalue weighted by Crippen LogP contribution is 2.32. The van der Waals surface area contributed by atoms with Gasteiger partial charge in [-0.1, -0.05) is 41.9 Å². The third kappa shape index (κ3) is 4.00. The number of aromatic nitrogens is 3. The van der Waals surface area contributed by atoms with Crippen LogP contribution in [0.3, 0.4) is 0 Å². The predicted octanol–water partition coefficient (Wildman–Crippen LogP) is 5.95. The number of rotatable bonds is 5. The van der Waals surface area contributed by atoms with Crippen LogP contribution < -0.4 is 5.32 Å². The van der Waals surface area contributed by atoms with Crippen LogP contribution in [0.4, 0.5) is 5.69 Å². The van der Waals surface area contributed by atoms with Crippen molar-refractivity contribution in [3.63, 3.8) is 0 Å². The zero-order chi connectivity index (χ0) is 22.1. The second kappa shape index (κ2) is 8.32. The normalized spacial score (nSPS) is 11.1. The van der Waals surface area contributed by atoms with Crippen molar-refractivity contribution in [2.24, 2.45) is 0 Å². The highest BCUT2D eigenvalue weighted by molar-refractivity contribution is 6.31. The number of hydrogen-bond acceptors (Lipinski definition) is 4. The fraction of sp³-hybridized carbons (Fsp3) is 0.0800. The highest BCUT2D eigenvalue weighted by Gasteiger charge is 2.16. The number of carbonyl (C=O) groups excluding carboxylic acids is 1. The van der Waals surface area contributed by atoms with Crippen molar-refractivity contribution < 1.29 is 9.21 Å². The van der Waals surface area contributed by atoms with Crippen molar-refractivity contribution in [3.05, 3.63) is 101 Å². The number of aryl methyl sites for hydroxylation is 1. The molecule has 0 saturated carbocycles. The summed E-state index contributed by atoms with van der Waals surface area (Å²) in [7, 11) is 0. The standard InChI is InChI=1S/C25H19ClN4O2/c1-16-10-22(25(31)28-21-8-5-9-27-14-21)29-30(16)15-19-12-20(26)11-18-13-23(32-24(18)19)17-6-3-2-4-7-17/h2-14H,15H2,1H3,(H,28,31). The number of halogens is 1. The average molecular weight is 443 g/mol. The van der Waals surface area contributed by atoms with Gasteiger partial charge >= 0.3 is 0 Å². The Labute approximate surface area is 189 Å².